The molecule has 2 heterocycles. The predicted octanol–water partition coefficient (Wildman–Crippen LogP) is 3.32. The lowest BCUT2D eigenvalue weighted by Gasteiger charge is -2.35. The fourth-order valence-electron chi connectivity index (χ4n) is 4.28. The van der Waals surface area contributed by atoms with Crippen molar-refractivity contribution < 1.29 is 14.6 Å². The number of ether oxygens (including phenoxy) is 1. The van der Waals surface area contributed by atoms with Crippen LogP contribution < -0.4 is 0 Å². The van der Waals surface area contributed by atoms with Crippen molar-refractivity contribution in [3.63, 3.8) is 0 Å². The van der Waals surface area contributed by atoms with E-state index in [2.05, 4.69) is 44.7 Å². The van der Waals surface area contributed by atoms with Gasteiger partial charge in [-0.3, -0.25) is 9.69 Å². The molecule has 1 N–H and O–H groups in total. The largest absolute Gasteiger partial charge is 0.507 e. The predicted molar refractivity (Wildman–Crippen MR) is 112 cm³/mol. The number of morpholine rings is 1. The molecular formula is C23H36N2O3. The second-order valence-electron chi connectivity index (χ2n) is 9.24. The number of aromatic hydroxyl groups is 1. The van der Waals surface area contributed by atoms with E-state index in [0.717, 1.165) is 63.1 Å². The molecule has 0 spiro atoms. The number of aryl methyl sites for hydroxylation is 1. The van der Waals surface area contributed by atoms with E-state index >= 15 is 0 Å². The number of nitrogens with zero attached hydrogens (tertiary/aromatic N) is 2. The number of carbonyl (C=O) groups excluding carboxylic acids is 1. The van der Waals surface area contributed by atoms with Crippen LogP contribution in [0.1, 0.15) is 57.2 Å². The number of amides is 1. The van der Waals surface area contributed by atoms with Gasteiger partial charge in [-0.15, -0.1) is 0 Å². The first-order valence-corrected chi connectivity index (χ1v) is 10.7. The fourth-order valence-corrected chi connectivity index (χ4v) is 4.28. The second-order valence-corrected chi connectivity index (χ2v) is 9.24. The third-order valence-electron chi connectivity index (χ3n) is 6.12. The van der Waals surface area contributed by atoms with Crippen molar-refractivity contribution >= 4 is 5.91 Å². The van der Waals surface area contributed by atoms with E-state index in [4.69, 9.17) is 4.74 Å². The number of carbonyl (C=O) groups is 1. The van der Waals surface area contributed by atoms with Gasteiger partial charge in [-0.25, -0.2) is 0 Å². The third kappa shape index (κ3) is 4.87. The molecule has 1 aromatic rings. The normalized spacial score (nSPS) is 19.8. The van der Waals surface area contributed by atoms with Gasteiger partial charge in [-0.1, -0.05) is 39.8 Å². The average Bonchev–Trinajstić information content (AvgIpc) is 2.69. The van der Waals surface area contributed by atoms with E-state index < -0.39 is 0 Å². The van der Waals surface area contributed by atoms with E-state index in [0.29, 0.717) is 24.9 Å². The maximum atomic E-state index is 12.7. The van der Waals surface area contributed by atoms with Crippen LogP contribution in [0.2, 0.25) is 0 Å². The molecule has 156 valence electrons. The number of benzene rings is 1. The summed E-state index contributed by atoms with van der Waals surface area (Å²) in [5.74, 6) is 0.875. The first-order chi connectivity index (χ1) is 13.3. The van der Waals surface area contributed by atoms with Gasteiger partial charge < -0.3 is 14.7 Å². The van der Waals surface area contributed by atoms with Crippen LogP contribution in [-0.4, -0.2) is 60.2 Å². The first kappa shape index (κ1) is 21.1. The first-order valence-electron chi connectivity index (χ1n) is 10.7. The molecule has 2 aliphatic heterocycles. The van der Waals surface area contributed by atoms with Crippen molar-refractivity contribution in [2.45, 2.75) is 58.9 Å². The minimum Gasteiger partial charge on any atom is -0.507 e. The van der Waals surface area contributed by atoms with Gasteiger partial charge in [0.05, 0.1) is 13.2 Å². The van der Waals surface area contributed by atoms with Crippen LogP contribution in [0.4, 0.5) is 0 Å². The summed E-state index contributed by atoms with van der Waals surface area (Å²) >= 11 is 0. The minimum atomic E-state index is -0.0818. The van der Waals surface area contributed by atoms with E-state index in [1.165, 1.54) is 5.56 Å². The molecule has 2 fully saturated rings. The summed E-state index contributed by atoms with van der Waals surface area (Å²) in [5.41, 5.74) is 3.23. The molecule has 2 aliphatic rings. The maximum absolute atomic E-state index is 12.7. The molecule has 0 aliphatic carbocycles. The zero-order chi connectivity index (χ0) is 20.3. The molecule has 0 radical (unpaired) electrons. The zero-order valence-electron chi connectivity index (χ0n) is 18.0. The Morgan fingerprint density at radius 3 is 2.36 bits per heavy atom. The molecule has 0 aromatic heterocycles. The monoisotopic (exact) mass is 388 g/mol. The molecule has 1 amide bonds. The van der Waals surface area contributed by atoms with Crippen molar-refractivity contribution in [1.82, 2.24) is 9.80 Å². The van der Waals surface area contributed by atoms with Gasteiger partial charge >= 0.3 is 0 Å². The number of likely N-dealkylation sites (tertiary alicyclic amines) is 1. The van der Waals surface area contributed by atoms with E-state index in [1.54, 1.807) is 0 Å². The van der Waals surface area contributed by atoms with Gasteiger partial charge in [0.1, 0.15) is 5.75 Å². The zero-order valence-corrected chi connectivity index (χ0v) is 18.0. The number of hydrogen-bond acceptors (Lipinski definition) is 4. The highest BCUT2D eigenvalue weighted by molar-refractivity contribution is 5.79. The van der Waals surface area contributed by atoms with Crippen molar-refractivity contribution in [3.8, 4) is 5.75 Å². The Balaban J connectivity index is 1.63. The number of piperidine rings is 1. The van der Waals surface area contributed by atoms with Crippen molar-refractivity contribution in [2.75, 3.05) is 39.4 Å². The highest BCUT2D eigenvalue weighted by Crippen LogP contribution is 2.35. The van der Waals surface area contributed by atoms with Gasteiger partial charge in [0, 0.05) is 31.1 Å². The Morgan fingerprint density at radius 1 is 1.14 bits per heavy atom. The second kappa shape index (κ2) is 8.83. The Morgan fingerprint density at radius 2 is 1.79 bits per heavy atom. The Hall–Kier alpha value is -1.59. The van der Waals surface area contributed by atoms with Crippen molar-refractivity contribution in [3.05, 3.63) is 28.8 Å². The topological polar surface area (TPSA) is 53.0 Å². The molecule has 1 aromatic carbocycles. The summed E-state index contributed by atoms with van der Waals surface area (Å²) in [6.07, 6.45) is 2.76. The van der Waals surface area contributed by atoms with Gasteiger partial charge in [-0.2, -0.15) is 0 Å². The summed E-state index contributed by atoms with van der Waals surface area (Å²) in [7, 11) is 0. The number of phenols is 1. The van der Waals surface area contributed by atoms with E-state index in [1.807, 2.05) is 4.90 Å². The molecule has 2 saturated heterocycles. The Kier molecular flexibility index (Phi) is 6.66. The van der Waals surface area contributed by atoms with Gasteiger partial charge in [0.25, 0.3) is 0 Å². The lowest BCUT2D eigenvalue weighted by molar-refractivity contribution is -0.141. The molecular weight excluding hydrogens is 352 g/mol. The highest BCUT2D eigenvalue weighted by Gasteiger charge is 2.30. The van der Waals surface area contributed by atoms with Crippen LogP contribution in [0.5, 0.6) is 5.75 Å². The Labute approximate surface area is 169 Å². The molecule has 28 heavy (non-hydrogen) atoms. The lowest BCUT2D eigenvalue weighted by atomic mass is 9.83. The summed E-state index contributed by atoms with van der Waals surface area (Å²) in [4.78, 5) is 17.1. The van der Waals surface area contributed by atoms with Crippen LogP contribution in [0.15, 0.2) is 12.1 Å². The van der Waals surface area contributed by atoms with Crippen molar-refractivity contribution in [1.29, 1.82) is 0 Å². The van der Waals surface area contributed by atoms with Crippen LogP contribution in [-0.2, 0) is 27.9 Å². The summed E-state index contributed by atoms with van der Waals surface area (Å²) in [6, 6.07) is 4.29. The quantitative estimate of drug-likeness (QED) is 0.860. The summed E-state index contributed by atoms with van der Waals surface area (Å²) < 4.78 is 5.36. The van der Waals surface area contributed by atoms with Crippen LogP contribution in [0, 0.1) is 5.92 Å². The SMILES string of the molecule is CCc1cc(CN2CCC(C(=O)N3CCOCC3)CC2)c(O)c(C(C)(C)C)c1. The lowest BCUT2D eigenvalue weighted by Crippen LogP contribution is -2.46. The van der Waals surface area contributed by atoms with E-state index in [9.17, 15) is 9.90 Å². The molecule has 5 nitrogen and oxygen atoms in total. The highest BCUT2D eigenvalue weighted by atomic mass is 16.5. The number of rotatable bonds is 4. The molecule has 0 atom stereocenters. The van der Waals surface area contributed by atoms with E-state index in [-0.39, 0.29) is 11.3 Å². The maximum Gasteiger partial charge on any atom is 0.225 e. The van der Waals surface area contributed by atoms with Crippen LogP contribution >= 0.6 is 0 Å². The Bertz CT molecular complexity index is 682. The van der Waals surface area contributed by atoms with Crippen LogP contribution in [0.25, 0.3) is 0 Å². The third-order valence-corrected chi connectivity index (χ3v) is 6.12. The minimum absolute atomic E-state index is 0.0818. The molecule has 3 rings (SSSR count). The van der Waals surface area contributed by atoms with Crippen LogP contribution in [0.3, 0.4) is 0 Å². The molecule has 0 saturated carbocycles. The standard InChI is InChI=1S/C23H36N2O3/c1-5-17-14-19(21(26)20(15-17)23(2,3)4)16-24-8-6-18(7-9-24)22(27)25-10-12-28-13-11-25/h14-15,18,26H,5-13,16H2,1-4H3. The van der Waals surface area contributed by atoms with Gasteiger partial charge in [-0.05, 0) is 48.9 Å². The van der Waals surface area contributed by atoms with Crippen molar-refractivity contribution in [2.24, 2.45) is 5.92 Å². The summed E-state index contributed by atoms with van der Waals surface area (Å²) in [5, 5.41) is 10.9. The number of phenolic OH excluding ortho intramolecular Hbond substituents is 1. The molecule has 0 unspecified atom stereocenters. The fraction of sp³-hybridized carbons (Fsp3) is 0.696. The van der Waals surface area contributed by atoms with Gasteiger partial charge in [0.15, 0.2) is 0 Å². The molecule has 0 bridgehead atoms. The number of hydrogen-bond donors (Lipinski definition) is 1. The van der Waals surface area contributed by atoms with Gasteiger partial charge in [0.2, 0.25) is 5.91 Å². The molecule has 5 heteroatoms. The summed E-state index contributed by atoms with van der Waals surface area (Å²) in [6.45, 7) is 13.9. The smallest absolute Gasteiger partial charge is 0.225 e. The average molecular weight is 389 g/mol.